The second-order valence-corrected chi connectivity index (χ2v) is 4.67. The first kappa shape index (κ1) is 13.3. The highest BCUT2D eigenvalue weighted by molar-refractivity contribution is 5.61. The minimum absolute atomic E-state index is 0.663. The van der Waals surface area contributed by atoms with E-state index in [9.17, 15) is 0 Å². The average Bonchev–Trinajstić information content (AvgIpc) is 2.37. The van der Waals surface area contributed by atoms with Crippen LogP contribution in [-0.2, 0) is 0 Å². The van der Waals surface area contributed by atoms with Crippen LogP contribution >= 0.6 is 0 Å². The van der Waals surface area contributed by atoms with Gasteiger partial charge >= 0.3 is 0 Å². The van der Waals surface area contributed by atoms with Gasteiger partial charge in [-0.3, -0.25) is 0 Å². The van der Waals surface area contributed by atoms with E-state index in [2.05, 4.69) is 52.2 Å². The Balaban J connectivity index is 2.32. The summed E-state index contributed by atoms with van der Waals surface area (Å²) >= 11 is 0. The van der Waals surface area contributed by atoms with Crippen molar-refractivity contribution in [3.8, 4) is 0 Å². The Bertz CT molecular complexity index is 546. The summed E-state index contributed by atoms with van der Waals surface area (Å²) in [7, 11) is 2.02. The van der Waals surface area contributed by atoms with Crippen LogP contribution in [0.4, 0.5) is 17.5 Å². The number of anilines is 3. The molecule has 0 fully saturated rings. The van der Waals surface area contributed by atoms with E-state index in [1.165, 1.54) is 11.1 Å². The molecule has 0 aliphatic carbocycles. The lowest BCUT2D eigenvalue weighted by Crippen LogP contribution is -2.13. The van der Waals surface area contributed by atoms with E-state index >= 15 is 0 Å². The maximum atomic E-state index is 4.50. The predicted octanol–water partition coefficient (Wildman–Crippen LogP) is 3.29. The van der Waals surface area contributed by atoms with Crippen molar-refractivity contribution in [1.29, 1.82) is 0 Å². The van der Waals surface area contributed by atoms with Gasteiger partial charge < -0.3 is 10.2 Å². The van der Waals surface area contributed by atoms with Gasteiger partial charge in [-0.05, 0) is 50.1 Å². The van der Waals surface area contributed by atoms with E-state index < -0.39 is 0 Å². The maximum absolute atomic E-state index is 4.50. The first-order chi connectivity index (χ1) is 9.10. The number of nitrogens with zero attached hydrogens (tertiary/aromatic N) is 3. The number of hydrogen-bond donors (Lipinski definition) is 1. The average molecular weight is 256 g/mol. The largest absolute Gasteiger partial charge is 0.354 e. The molecule has 2 rings (SSSR count). The van der Waals surface area contributed by atoms with Gasteiger partial charge in [-0.25, -0.2) is 4.98 Å². The van der Waals surface area contributed by atoms with Crippen molar-refractivity contribution in [1.82, 2.24) is 9.97 Å². The van der Waals surface area contributed by atoms with Gasteiger partial charge in [-0.15, -0.1) is 0 Å². The van der Waals surface area contributed by atoms with Crippen LogP contribution in [0.15, 0.2) is 30.5 Å². The zero-order chi connectivity index (χ0) is 13.8. The van der Waals surface area contributed by atoms with Crippen molar-refractivity contribution < 1.29 is 0 Å². The molecular formula is C15H20N4. The van der Waals surface area contributed by atoms with Crippen LogP contribution in [0, 0.1) is 13.8 Å². The first-order valence-corrected chi connectivity index (χ1v) is 6.49. The van der Waals surface area contributed by atoms with Gasteiger partial charge in [0.15, 0.2) is 0 Å². The summed E-state index contributed by atoms with van der Waals surface area (Å²) in [5.74, 6) is 1.55. The number of nitrogens with one attached hydrogen (secondary N) is 1. The smallest absolute Gasteiger partial charge is 0.224 e. The van der Waals surface area contributed by atoms with Gasteiger partial charge in [0.1, 0.15) is 5.82 Å². The molecule has 4 heteroatoms. The summed E-state index contributed by atoms with van der Waals surface area (Å²) in [6, 6.07) is 8.39. The molecule has 100 valence electrons. The third-order valence-electron chi connectivity index (χ3n) is 2.91. The molecule has 0 bridgehead atoms. The predicted molar refractivity (Wildman–Crippen MR) is 80.2 cm³/mol. The molecule has 0 amide bonds. The molecule has 19 heavy (non-hydrogen) atoms. The molecule has 0 atom stereocenters. The first-order valence-electron chi connectivity index (χ1n) is 6.49. The summed E-state index contributed by atoms with van der Waals surface area (Å²) < 4.78 is 0. The molecule has 0 unspecified atom stereocenters. The molecule has 1 aromatic heterocycles. The van der Waals surface area contributed by atoms with E-state index in [-0.39, 0.29) is 0 Å². The van der Waals surface area contributed by atoms with Crippen LogP contribution in [0.2, 0.25) is 0 Å². The Morgan fingerprint density at radius 3 is 2.47 bits per heavy atom. The number of benzene rings is 1. The van der Waals surface area contributed by atoms with E-state index in [0.717, 1.165) is 18.1 Å². The maximum Gasteiger partial charge on any atom is 0.224 e. The van der Waals surface area contributed by atoms with Crippen molar-refractivity contribution in [3.05, 3.63) is 41.6 Å². The highest BCUT2D eigenvalue weighted by Gasteiger charge is 2.07. The SMILES string of the molecule is CCNc1nccc(N(C)c2cc(C)cc(C)c2)n1. The normalized spacial score (nSPS) is 10.3. The third-order valence-corrected chi connectivity index (χ3v) is 2.91. The van der Waals surface area contributed by atoms with Crippen molar-refractivity contribution in [3.63, 3.8) is 0 Å². The Labute approximate surface area is 114 Å². The molecule has 1 heterocycles. The second-order valence-electron chi connectivity index (χ2n) is 4.67. The van der Waals surface area contributed by atoms with Crippen LogP contribution in [0.5, 0.6) is 0 Å². The van der Waals surface area contributed by atoms with Gasteiger partial charge in [-0.2, -0.15) is 4.98 Å². The molecule has 0 aliphatic heterocycles. The lowest BCUT2D eigenvalue weighted by atomic mass is 10.1. The minimum atomic E-state index is 0.663. The number of aryl methyl sites for hydroxylation is 2. The summed E-state index contributed by atoms with van der Waals surface area (Å²) in [5, 5.41) is 3.13. The summed E-state index contributed by atoms with van der Waals surface area (Å²) in [6.45, 7) is 7.06. The summed E-state index contributed by atoms with van der Waals surface area (Å²) in [4.78, 5) is 10.8. The molecule has 1 N–H and O–H groups in total. The second kappa shape index (κ2) is 5.69. The highest BCUT2D eigenvalue weighted by atomic mass is 15.2. The Kier molecular flexibility index (Phi) is 4.00. The molecule has 0 saturated carbocycles. The van der Waals surface area contributed by atoms with Gasteiger partial charge in [0.2, 0.25) is 5.95 Å². The molecule has 1 aromatic carbocycles. The number of rotatable bonds is 4. The molecule has 4 nitrogen and oxygen atoms in total. The van der Waals surface area contributed by atoms with Crippen molar-refractivity contribution >= 4 is 17.5 Å². The standard InChI is InChI=1S/C15H20N4/c1-5-16-15-17-7-6-14(18-15)19(4)13-9-11(2)8-12(3)10-13/h6-10H,5H2,1-4H3,(H,16,17,18). The zero-order valence-corrected chi connectivity index (χ0v) is 11.9. The van der Waals surface area contributed by atoms with E-state index in [0.29, 0.717) is 5.95 Å². The number of aromatic nitrogens is 2. The topological polar surface area (TPSA) is 41.1 Å². The summed E-state index contributed by atoms with van der Waals surface area (Å²) in [6.07, 6.45) is 1.78. The van der Waals surface area contributed by atoms with Crippen LogP contribution < -0.4 is 10.2 Å². The Morgan fingerprint density at radius 1 is 1.16 bits per heavy atom. The van der Waals surface area contributed by atoms with Gasteiger partial charge in [0.05, 0.1) is 0 Å². The minimum Gasteiger partial charge on any atom is -0.354 e. The van der Waals surface area contributed by atoms with Crippen LogP contribution in [-0.4, -0.2) is 23.6 Å². The lowest BCUT2D eigenvalue weighted by Gasteiger charge is -2.20. The highest BCUT2D eigenvalue weighted by Crippen LogP contribution is 2.24. The van der Waals surface area contributed by atoms with Gasteiger partial charge in [-0.1, -0.05) is 6.07 Å². The van der Waals surface area contributed by atoms with Crippen LogP contribution in [0.1, 0.15) is 18.1 Å². The quantitative estimate of drug-likeness (QED) is 0.911. The van der Waals surface area contributed by atoms with Crippen LogP contribution in [0.25, 0.3) is 0 Å². The van der Waals surface area contributed by atoms with Gasteiger partial charge in [0, 0.05) is 25.5 Å². The molecule has 0 radical (unpaired) electrons. The third kappa shape index (κ3) is 3.22. The van der Waals surface area contributed by atoms with Gasteiger partial charge in [0.25, 0.3) is 0 Å². The van der Waals surface area contributed by atoms with E-state index in [1.54, 1.807) is 6.20 Å². The monoisotopic (exact) mass is 256 g/mol. The fraction of sp³-hybridized carbons (Fsp3) is 0.333. The lowest BCUT2D eigenvalue weighted by molar-refractivity contribution is 1.04. The zero-order valence-electron chi connectivity index (χ0n) is 11.9. The van der Waals surface area contributed by atoms with Crippen molar-refractivity contribution in [2.75, 3.05) is 23.8 Å². The Hall–Kier alpha value is -2.10. The molecular weight excluding hydrogens is 236 g/mol. The van der Waals surface area contributed by atoms with Crippen molar-refractivity contribution in [2.24, 2.45) is 0 Å². The number of hydrogen-bond acceptors (Lipinski definition) is 4. The summed E-state index contributed by atoms with van der Waals surface area (Å²) in [5.41, 5.74) is 3.64. The van der Waals surface area contributed by atoms with E-state index in [1.807, 2.05) is 20.0 Å². The Morgan fingerprint density at radius 2 is 1.84 bits per heavy atom. The van der Waals surface area contributed by atoms with Crippen molar-refractivity contribution in [2.45, 2.75) is 20.8 Å². The molecule has 0 spiro atoms. The molecule has 2 aromatic rings. The fourth-order valence-corrected chi connectivity index (χ4v) is 2.06. The van der Waals surface area contributed by atoms with E-state index in [4.69, 9.17) is 0 Å². The van der Waals surface area contributed by atoms with Crippen LogP contribution in [0.3, 0.4) is 0 Å². The molecule has 0 aliphatic rings. The fourth-order valence-electron chi connectivity index (χ4n) is 2.06. The molecule has 0 saturated heterocycles.